The van der Waals surface area contributed by atoms with Crippen molar-refractivity contribution in [3.63, 3.8) is 0 Å². The third kappa shape index (κ3) is 4.43. The Kier molecular flexibility index (Phi) is 6.91. The highest BCUT2D eigenvalue weighted by Crippen LogP contribution is 2.49. The number of aliphatic hydroxyl groups excluding tert-OH is 1. The predicted octanol–water partition coefficient (Wildman–Crippen LogP) is 3.48. The molecule has 0 amide bonds. The minimum atomic E-state index is -0.433. The van der Waals surface area contributed by atoms with Gasteiger partial charge in [-0.3, -0.25) is 5.32 Å². The third-order valence-corrected chi connectivity index (χ3v) is 6.79. The fraction of sp³-hybridized carbons (Fsp3) is 0.357. The van der Waals surface area contributed by atoms with Crippen LogP contribution in [0.15, 0.2) is 42.5 Å². The summed E-state index contributed by atoms with van der Waals surface area (Å²) in [5.41, 5.74) is 6.09. The molecular formula is C28H31NO7. The van der Waals surface area contributed by atoms with Crippen LogP contribution in [0.5, 0.6) is 28.7 Å². The first-order valence-electron chi connectivity index (χ1n) is 12.1. The first-order chi connectivity index (χ1) is 17.5. The Labute approximate surface area is 210 Å². The minimum absolute atomic E-state index is 0.0589. The summed E-state index contributed by atoms with van der Waals surface area (Å²) >= 11 is 0. The van der Waals surface area contributed by atoms with Gasteiger partial charge >= 0.3 is 0 Å². The Bertz CT molecular complexity index is 1260. The molecule has 3 aromatic carbocycles. The molecule has 0 fully saturated rings. The van der Waals surface area contributed by atoms with Crippen molar-refractivity contribution in [2.45, 2.75) is 31.5 Å². The van der Waals surface area contributed by atoms with Gasteiger partial charge in [-0.2, -0.15) is 0 Å². The van der Waals surface area contributed by atoms with E-state index in [1.807, 2.05) is 25.2 Å². The second-order valence-electron chi connectivity index (χ2n) is 9.00. The predicted molar refractivity (Wildman–Crippen MR) is 134 cm³/mol. The molecule has 2 aliphatic rings. The zero-order valence-corrected chi connectivity index (χ0v) is 20.4. The molecule has 1 heterocycles. The Morgan fingerprint density at radius 3 is 2.67 bits per heavy atom. The number of aliphatic hydroxyl groups is 1. The van der Waals surface area contributed by atoms with Gasteiger partial charge in [-0.05, 0) is 66.4 Å². The van der Waals surface area contributed by atoms with Crippen molar-refractivity contribution in [3.05, 3.63) is 64.7 Å². The molecule has 0 saturated carbocycles. The summed E-state index contributed by atoms with van der Waals surface area (Å²) in [5, 5.41) is 32.6. The van der Waals surface area contributed by atoms with Crippen molar-refractivity contribution in [2.75, 3.05) is 34.1 Å². The maximum atomic E-state index is 10.1. The molecule has 0 saturated heterocycles. The molecule has 0 unspecified atom stereocenters. The largest absolute Gasteiger partial charge is 0.508 e. The van der Waals surface area contributed by atoms with E-state index >= 15 is 0 Å². The van der Waals surface area contributed by atoms with Crippen LogP contribution in [0.25, 0.3) is 11.1 Å². The molecule has 1 aliphatic heterocycles. The van der Waals surface area contributed by atoms with Crippen LogP contribution in [0.1, 0.15) is 28.4 Å². The molecule has 0 spiro atoms. The van der Waals surface area contributed by atoms with E-state index in [1.54, 1.807) is 24.3 Å². The van der Waals surface area contributed by atoms with Crippen LogP contribution in [0.3, 0.4) is 0 Å². The standard InChI is InChI=1S/C28H31NO7/c1-29-15-35-26-13-21-20-6-3-16-11-18(31)5-7-19(16)27(20)25(34-10-9-30)14-23(21)36-28(26)17-4-8-22(32)24(12-17)33-2/h4-5,7-8,11-12,14,26,28-32H,3,6,9-10,13,15H2,1-2H3/t26-,28+/m0/s1. The summed E-state index contributed by atoms with van der Waals surface area (Å²) in [6.07, 6.45) is 1.46. The lowest BCUT2D eigenvalue weighted by Gasteiger charge is -2.37. The molecule has 4 N–H and O–H groups in total. The van der Waals surface area contributed by atoms with E-state index in [0.717, 1.165) is 46.2 Å². The molecule has 36 heavy (non-hydrogen) atoms. The molecule has 8 heteroatoms. The highest BCUT2D eigenvalue weighted by Gasteiger charge is 2.37. The fourth-order valence-electron chi connectivity index (χ4n) is 5.20. The Hall–Kier alpha value is -3.46. The third-order valence-electron chi connectivity index (χ3n) is 6.79. The van der Waals surface area contributed by atoms with Crippen molar-refractivity contribution in [1.82, 2.24) is 5.32 Å². The summed E-state index contributed by atoms with van der Waals surface area (Å²) in [4.78, 5) is 0. The Morgan fingerprint density at radius 1 is 1.03 bits per heavy atom. The number of benzene rings is 3. The first-order valence-corrected chi connectivity index (χ1v) is 12.1. The molecule has 0 bridgehead atoms. The highest BCUT2D eigenvalue weighted by atomic mass is 16.6. The number of hydrogen-bond donors (Lipinski definition) is 4. The van der Waals surface area contributed by atoms with Crippen LogP contribution in [0.4, 0.5) is 0 Å². The highest BCUT2D eigenvalue weighted by molar-refractivity contribution is 5.82. The van der Waals surface area contributed by atoms with Crippen molar-refractivity contribution < 1.29 is 34.3 Å². The number of methoxy groups -OCH3 is 1. The normalized spacial score (nSPS) is 18.0. The average Bonchev–Trinajstić information content (AvgIpc) is 2.89. The molecule has 3 aromatic rings. The number of nitrogens with one attached hydrogen (secondary N) is 1. The number of hydrogen-bond acceptors (Lipinski definition) is 8. The molecule has 8 nitrogen and oxygen atoms in total. The van der Waals surface area contributed by atoms with Crippen LogP contribution < -0.4 is 19.5 Å². The van der Waals surface area contributed by atoms with Crippen molar-refractivity contribution in [3.8, 4) is 39.9 Å². The van der Waals surface area contributed by atoms with Crippen LogP contribution in [0, 0.1) is 0 Å². The Morgan fingerprint density at radius 2 is 1.89 bits per heavy atom. The van der Waals surface area contributed by atoms with Crippen molar-refractivity contribution >= 4 is 0 Å². The smallest absolute Gasteiger partial charge is 0.160 e. The van der Waals surface area contributed by atoms with Gasteiger partial charge in [0.2, 0.25) is 0 Å². The van der Waals surface area contributed by atoms with Gasteiger partial charge in [0.25, 0.3) is 0 Å². The number of rotatable bonds is 8. The molecule has 190 valence electrons. The quantitative estimate of drug-likeness (QED) is 0.353. The van der Waals surface area contributed by atoms with Gasteiger partial charge in [0.1, 0.15) is 30.0 Å². The number of ether oxygens (including phenoxy) is 4. The first kappa shape index (κ1) is 24.2. The second kappa shape index (κ2) is 10.3. The average molecular weight is 494 g/mol. The van der Waals surface area contributed by atoms with Crippen molar-refractivity contribution in [2.24, 2.45) is 0 Å². The molecule has 1 aliphatic carbocycles. The van der Waals surface area contributed by atoms with E-state index in [4.69, 9.17) is 18.9 Å². The lowest BCUT2D eigenvalue weighted by molar-refractivity contribution is -0.0428. The number of aryl methyl sites for hydroxylation is 1. The maximum absolute atomic E-state index is 10.1. The fourth-order valence-corrected chi connectivity index (χ4v) is 5.20. The minimum Gasteiger partial charge on any atom is -0.508 e. The van der Waals surface area contributed by atoms with E-state index < -0.39 is 6.10 Å². The van der Waals surface area contributed by atoms with Crippen LogP contribution in [0.2, 0.25) is 0 Å². The van der Waals surface area contributed by atoms with Gasteiger partial charge in [-0.25, -0.2) is 0 Å². The number of fused-ring (bicyclic) bond motifs is 5. The van der Waals surface area contributed by atoms with E-state index in [0.29, 0.717) is 30.4 Å². The molecular weight excluding hydrogens is 462 g/mol. The van der Waals surface area contributed by atoms with Crippen LogP contribution in [-0.4, -0.2) is 55.5 Å². The molecule has 0 aromatic heterocycles. The van der Waals surface area contributed by atoms with Gasteiger partial charge in [-0.15, -0.1) is 0 Å². The van der Waals surface area contributed by atoms with Gasteiger partial charge < -0.3 is 34.3 Å². The monoisotopic (exact) mass is 493 g/mol. The zero-order chi connectivity index (χ0) is 25.2. The molecule has 2 atom stereocenters. The SMILES string of the molecule is CNCO[C@H]1Cc2c(cc(OCCO)c3c2CCc2cc(O)ccc2-3)O[C@@H]1c1ccc(O)c(OC)c1. The summed E-state index contributed by atoms with van der Waals surface area (Å²) in [6, 6.07) is 12.5. The van der Waals surface area contributed by atoms with E-state index in [1.165, 1.54) is 7.11 Å². The van der Waals surface area contributed by atoms with Crippen LogP contribution >= 0.6 is 0 Å². The van der Waals surface area contributed by atoms with Gasteiger partial charge in [0.05, 0.1) is 20.4 Å². The lowest BCUT2D eigenvalue weighted by Crippen LogP contribution is -2.36. The summed E-state index contributed by atoms with van der Waals surface area (Å²) in [5.74, 6) is 2.02. The topological polar surface area (TPSA) is 110 Å². The van der Waals surface area contributed by atoms with Gasteiger partial charge in [-0.1, -0.05) is 12.1 Å². The summed E-state index contributed by atoms with van der Waals surface area (Å²) < 4.78 is 24.1. The number of aromatic hydroxyl groups is 2. The maximum Gasteiger partial charge on any atom is 0.160 e. The van der Waals surface area contributed by atoms with E-state index in [9.17, 15) is 15.3 Å². The summed E-state index contributed by atoms with van der Waals surface area (Å²) in [6.45, 7) is 0.410. The number of phenolic OH excluding ortho intramolecular Hbond substituents is 2. The molecule has 0 radical (unpaired) electrons. The summed E-state index contributed by atoms with van der Waals surface area (Å²) in [7, 11) is 3.34. The Balaban J connectivity index is 1.62. The van der Waals surface area contributed by atoms with Gasteiger partial charge in [0, 0.05) is 23.6 Å². The molecule has 5 rings (SSSR count). The van der Waals surface area contributed by atoms with E-state index in [2.05, 4.69) is 5.32 Å². The van der Waals surface area contributed by atoms with E-state index in [-0.39, 0.29) is 30.8 Å². The zero-order valence-electron chi connectivity index (χ0n) is 20.4. The van der Waals surface area contributed by atoms with Gasteiger partial charge in [0.15, 0.2) is 17.6 Å². The number of phenols is 2. The second-order valence-corrected chi connectivity index (χ2v) is 9.00. The van der Waals surface area contributed by atoms with Crippen LogP contribution in [-0.2, 0) is 24.0 Å². The lowest BCUT2D eigenvalue weighted by atomic mass is 9.80. The van der Waals surface area contributed by atoms with Crippen molar-refractivity contribution in [1.29, 1.82) is 0 Å².